The van der Waals surface area contributed by atoms with E-state index in [0.29, 0.717) is 13.0 Å². The molecule has 0 radical (unpaired) electrons. The van der Waals surface area contributed by atoms with Gasteiger partial charge in [0, 0.05) is 6.54 Å². The standard InChI is InChI=1S/C20H40N2O3.ClH/c1-3-5-6-7-8-9-10-11-12-13-14-15-16-22-19(23)17-25-20(24)18(21)4-2;/h18H,3-17,21H2,1-2H3,(H,22,23);1H. The first kappa shape index (κ1) is 27.4. The summed E-state index contributed by atoms with van der Waals surface area (Å²) in [6, 6.07) is -0.635. The molecule has 26 heavy (non-hydrogen) atoms. The molecule has 5 nitrogen and oxygen atoms in total. The normalized spacial score (nSPS) is 11.5. The number of hydrogen-bond acceptors (Lipinski definition) is 4. The number of esters is 1. The predicted molar refractivity (Wildman–Crippen MR) is 111 cm³/mol. The van der Waals surface area contributed by atoms with Gasteiger partial charge >= 0.3 is 5.97 Å². The number of nitrogens with two attached hydrogens (primary N) is 1. The Morgan fingerprint density at radius 2 is 1.31 bits per heavy atom. The van der Waals surface area contributed by atoms with Crippen LogP contribution < -0.4 is 11.1 Å². The molecule has 0 aromatic heterocycles. The van der Waals surface area contributed by atoms with Crippen molar-refractivity contribution >= 4 is 24.3 Å². The van der Waals surface area contributed by atoms with Crippen LogP contribution in [0.5, 0.6) is 0 Å². The van der Waals surface area contributed by atoms with E-state index in [9.17, 15) is 9.59 Å². The van der Waals surface area contributed by atoms with Crippen LogP contribution in [-0.4, -0.2) is 31.1 Å². The Morgan fingerprint density at radius 3 is 1.77 bits per heavy atom. The highest BCUT2D eigenvalue weighted by Crippen LogP contribution is 2.11. The van der Waals surface area contributed by atoms with Crippen molar-refractivity contribution in [1.82, 2.24) is 5.32 Å². The van der Waals surface area contributed by atoms with Crippen LogP contribution in [0.3, 0.4) is 0 Å². The Labute approximate surface area is 166 Å². The zero-order valence-electron chi connectivity index (χ0n) is 16.9. The third kappa shape index (κ3) is 18.0. The van der Waals surface area contributed by atoms with Gasteiger partial charge in [0.1, 0.15) is 6.04 Å². The molecule has 0 aromatic carbocycles. The van der Waals surface area contributed by atoms with Crippen LogP contribution in [0.15, 0.2) is 0 Å². The molecule has 0 saturated carbocycles. The van der Waals surface area contributed by atoms with Crippen molar-refractivity contribution in [1.29, 1.82) is 0 Å². The topological polar surface area (TPSA) is 81.4 Å². The Morgan fingerprint density at radius 1 is 0.846 bits per heavy atom. The van der Waals surface area contributed by atoms with E-state index in [1.165, 1.54) is 64.2 Å². The predicted octanol–water partition coefficient (Wildman–Crippen LogP) is 4.51. The van der Waals surface area contributed by atoms with Crippen molar-refractivity contribution in [2.45, 2.75) is 103 Å². The van der Waals surface area contributed by atoms with E-state index in [2.05, 4.69) is 12.2 Å². The molecule has 6 heteroatoms. The number of hydrogen-bond donors (Lipinski definition) is 2. The van der Waals surface area contributed by atoms with Crippen molar-refractivity contribution in [2.24, 2.45) is 5.73 Å². The van der Waals surface area contributed by atoms with Crippen LogP contribution in [-0.2, 0) is 14.3 Å². The van der Waals surface area contributed by atoms with Crippen molar-refractivity contribution < 1.29 is 14.3 Å². The van der Waals surface area contributed by atoms with Gasteiger partial charge in [-0.05, 0) is 12.8 Å². The molecular weight excluding hydrogens is 352 g/mol. The zero-order valence-corrected chi connectivity index (χ0v) is 17.7. The third-order valence-corrected chi connectivity index (χ3v) is 4.44. The largest absolute Gasteiger partial charge is 0.454 e. The van der Waals surface area contributed by atoms with Crippen LogP contribution in [0, 0.1) is 0 Å². The number of unbranched alkanes of at least 4 members (excludes halogenated alkanes) is 11. The molecule has 0 aliphatic carbocycles. The van der Waals surface area contributed by atoms with E-state index >= 15 is 0 Å². The summed E-state index contributed by atoms with van der Waals surface area (Å²) in [5.74, 6) is -0.761. The second kappa shape index (κ2) is 20.5. The zero-order chi connectivity index (χ0) is 18.8. The number of ether oxygens (including phenoxy) is 1. The molecule has 1 unspecified atom stereocenters. The molecule has 0 saturated heterocycles. The van der Waals surface area contributed by atoms with E-state index in [4.69, 9.17) is 10.5 Å². The van der Waals surface area contributed by atoms with Gasteiger partial charge in [0.25, 0.3) is 5.91 Å². The van der Waals surface area contributed by atoms with Crippen LogP contribution in [0.1, 0.15) is 97.3 Å². The van der Waals surface area contributed by atoms with E-state index in [-0.39, 0.29) is 24.9 Å². The average molecular weight is 393 g/mol. The lowest BCUT2D eigenvalue weighted by Crippen LogP contribution is -2.35. The minimum Gasteiger partial charge on any atom is -0.454 e. The van der Waals surface area contributed by atoms with Gasteiger partial charge < -0.3 is 15.8 Å². The molecule has 0 bridgehead atoms. The summed E-state index contributed by atoms with van der Waals surface area (Å²) >= 11 is 0. The molecule has 0 rings (SSSR count). The molecule has 0 aromatic rings. The summed E-state index contributed by atoms with van der Waals surface area (Å²) in [5, 5.41) is 2.77. The van der Waals surface area contributed by atoms with Gasteiger partial charge in [0.05, 0.1) is 0 Å². The molecule has 0 aliphatic heterocycles. The molecule has 3 N–H and O–H groups in total. The maximum absolute atomic E-state index is 11.5. The monoisotopic (exact) mass is 392 g/mol. The van der Waals surface area contributed by atoms with Gasteiger partial charge in [-0.1, -0.05) is 84.5 Å². The first-order valence-electron chi connectivity index (χ1n) is 10.3. The van der Waals surface area contributed by atoms with Crippen LogP contribution >= 0.6 is 12.4 Å². The number of carbonyl (C=O) groups is 2. The minimum atomic E-state index is -0.635. The molecule has 1 amide bonds. The first-order chi connectivity index (χ1) is 12.1. The number of carbonyl (C=O) groups excluding carboxylic acids is 2. The fraction of sp³-hybridized carbons (Fsp3) is 0.900. The molecule has 0 heterocycles. The van der Waals surface area contributed by atoms with Gasteiger partial charge in [-0.2, -0.15) is 0 Å². The molecule has 0 fully saturated rings. The molecule has 0 spiro atoms. The van der Waals surface area contributed by atoms with Gasteiger partial charge in [-0.3, -0.25) is 9.59 Å². The fourth-order valence-electron chi connectivity index (χ4n) is 2.66. The van der Waals surface area contributed by atoms with E-state index < -0.39 is 12.0 Å². The quantitative estimate of drug-likeness (QED) is 0.282. The lowest BCUT2D eigenvalue weighted by Gasteiger charge is -2.09. The second-order valence-corrected chi connectivity index (χ2v) is 6.86. The van der Waals surface area contributed by atoms with Crippen molar-refractivity contribution in [3.05, 3.63) is 0 Å². The number of amides is 1. The Bertz CT molecular complexity index is 341. The Balaban J connectivity index is 0. The Kier molecular flexibility index (Phi) is 21.6. The first-order valence-corrected chi connectivity index (χ1v) is 10.3. The van der Waals surface area contributed by atoms with Gasteiger partial charge in [-0.25, -0.2) is 0 Å². The SMILES string of the molecule is CCCCCCCCCCCCCCNC(=O)COC(=O)C(N)CC.Cl. The smallest absolute Gasteiger partial charge is 0.323 e. The minimum absolute atomic E-state index is 0. The van der Waals surface area contributed by atoms with Crippen LogP contribution in [0.25, 0.3) is 0 Å². The summed E-state index contributed by atoms with van der Waals surface area (Å²) < 4.78 is 4.84. The number of halogens is 1. The van der Waals surface area contributed by atoms with Crippen LogP contribution in [0.4, 0.5) is 0 Å². The average Bonchev–Trinajstić information content (AvgIpc) is 2.62. The highest BCUT2D eigenvalue weighted by Gasteiger charge is 2.13. The van der Waals surface area contributed by atoms with Gasteiger partial charge in [0.2, 0.25) is 0 Å². The molecule has 156 valence electrons. The maximum atomic E-state index is 11.5. The third-order valence-electron chi connectivity index (χ3n) is 4.44. The summed E-state index contributed by atoms with van der Waals surface area (Å²) in [6.45, 7) is 4.47. The van der Waals surface area contributed by atoms with Crippen molar-refractivity contribution in [3.63, 3.8) is 0 Å². The van der Waals surface area contributed by atoms with Crippen LogP contribution in [0.2, 0.25) is 0 Å². The summed E-state index contributed by atoms with van der Waals surface area (Å²) in [4.78, 5) is 22.9. The maximum Gasteiger partial charge on any atom is 0.323 e. The van der Waals surface area contributed by atoms with E-state index in [1.54, 1.807) is 6.92 Å². The molecule has 1 atom stereocenters. The summed E-state index contributed by atoms with van der Waals surface area (Å²) in [5.41, 5.74) is 5.52. The summed E-state index contributed by atoms with van der Waals surface area (Å²) in [6.07, 6.45) is 16.1. The number of nitrogens with one attached hydrogen (secondary N) is 1. The van der Waals surface area contributed by atoms with E-state index in [0.717, 1.165) is 12.8 Å². The highest BCUT2D eigenvalue weighted by molar-refractivity contribution is 5.85. The molecular formula is C20H41ClN2O3. The number of rotatable bonds is 17. The van der Waals surface area contributed by atoms with Crippen molar-refractivity contribution in [2.75, 3.05) is 13.2 Å². The highest BCUT2D eigenvalue weighted by atomic mass is 35.5. The van der Waals surface area contributed by atoms with Gasteiger partial charge in [-0.15, -0.1) is 12.4 Å². The van der Waals surface area contributed by atoms with Crippen molar-refractivity contribution in [3.8, 4) is 0 Å². The van der Waals surface area contributed by atoms with Gasteiger partial charge in [0.15, 0.2) is 6.61 Å². The lowest BCUT2D eigenvalue weighted by atomic mass is 10.1. The lowest BCUT2D eigenvalue weighted by molar-refractivity contribution is -0.149. The fourth-order valence-corrected chi connectivity index (χ4v) is 2.66. The summed E-state index contributed by atoms with van der Waals surface area (Å²) in [7, 11) is 0. The second-order valence-electron chi connectivity index (χ2n) is 6.86. The Hall–Kier alpha value is -0.810. The van der Waals surface area contributed by atoms with E-state index in [1.807, 2.05) is 0 Å². The molecule has 0 aliphatic rings.